The summed E-state index contributed by atoms with van der Waals surface area (Å²) in [4.78, 5) is 10.4. The maximum Gasteiger partial charge on any atom is 0.223 e. The molecule has 5 nitrogen and oxygen atoms in total. The predicted octanol–water partition coefficient (Wildman–Crippen LogP) is 3.85. The van der Waals surface area contributed by atoms with Crippen LogP contribution in [0.4, 0.5) is 17.5 Å². The average Bonchev–Trinajstić information content (AvgIpc) is 2.81. The highest BCUT2D eigenvalue weighted by Crippen LogP contribution is 2.33. The number of aromatic nitrogens is 2. The molecule has 7 heteroatoms. The van der Waals surface area contributed by atoms with Crippen LogP contribution in [0, 0.1) is 18.3 Å². The van der Waals surface area contributed by atoms with Gasteiger partial charge in [-0.3, -0.25) is 0 Å². The molecule has 0 unspecified atom stereocenters. The number of benzene rings is 1. The van der Waals surface area contributed by atoms with Gasteiger partial charge in [-0.2, -0.15) is 10.2 Å². The summed E-state index contributed by atoms with van der Waals surface area (Å²) in [5, 5.41) is 13.5. The van der Waals surface area contributed by atoms with E-state index in [1.807, 2.05) is 13.0 Å². The SMILES string of the molecule is Cc1cc2c(Nc3cc(C#N)ccc3Cl)nc(N)nc2s1. The summed E-state index contributed by atoms with van der Waals surface area (Å²) in [6.45, 7) is 2.00. The van der Waals surface area contributed by atoms with Gasteiger partial charge in [0.15, 0.2) is 0 Å². The van der Waals surface area contributed by atoms with Crippen LogP contribution in [-0.4, -0.2) is 9.97 Å². The van der Waals surface area contributed by atoms with Crippen LogP contribution in [0.3, 0.4) is 0 Å². The van der Waals surface area contributed by atoms with E-state index in [1.54, 1.807) is 29.5 Å². The molecule has 0 aliphatic rings. The Morgan fingerprint density at radius 3 is 2.90 bits per heavy atom. The summed E-state index contributed by atoms with van der Waals surface area (Å²) in [6.07, 6.45) is 0. The Hall–Kier alpha value is -2.36. The molecule has 3 aromatic rings. The maximum absolute atomic E-state index is 8.97. The molecule has 3 N–H and O–H groups in total. The third-order valence-electron chi connectivity index (χ3n) is 2.88. The number of nitriles is 1. The third-order valence-corrected chi connectivity index (χ3v) is 4.16. The smallest absolute Gasteiger partial charge is 0.223 e. The predicted molar refractivity (Wildman–Crippen MR) is 86.0 cm³/mol. The molecule has 2 heterocycles. The van der Waals surface area contributed by atoms with Crippen molar-refractivity contribution in [3.05, 3.63) is 39.7 Å². The summed E-state index contributed by atoms with van der Waals surface area (Å²) in [6, 6.07) is 9.07. The van der Waals surface area contributed by atoms with Crippen molar-refractivity contribution in [1.29, 1.82) is 5.26 Å². The van der Waals surface area contributed by atoms with Crippen molar-refractivity contribution in [2.75, 3.05) is 11.1 Å². The van der Waals surface area contributed by atoms with Gasteiger partial charge in [0.25, 0.3) is 0 Å². The molecule has 0 radical (unpaired) electrons. The van der Waals surface area contributed by atoms with E-state index in [4.69, 9.17) is 22.6 Å². The Balaban J connectivity index is 2.12. The summed E-state index contributed by atoms with van der Waals surface area (Å²) in [5.74, 6) is 0.776. The fourth-order valence-corrected chi connectivity index (χ4v) is 3.02. The number of thiophene rings is 1. The van der Waals surface area contributed by atoms with E-state index in [-0.39, 0.29) is 5.95 Å². The molecule has 104 valence electrons. The number of hydrogen-bond acceptors (Lipinski definition) is 6. The highest BCUT2D eigenvalue weighted by Gasteiger charge is 2.11. The lowest BCUT2D eigenvalue weighted by molar-refractivity contribution is 1.24. The number of hydrogen-bond donors (Lipinski definition) is 2. The van der Waals surface area contributed by atoms with Crippen LogP contribution >= 0.6 is 22.9 Å². The van der Waals surface area contributed by atoms with E-state index in [0.717, 1.165) is 15.1 Å². The lowest BCUT2D eigenvalue weighted by Gasteiger charge is -2.09. The lowest BCUT2D eigenvalue weighted by Crippen LogP contribution is -2.00. The van der Waals surface area contributed by atoms with Crippen LogP contribution in [0.1, 0.15) is 10.4 Å². The van der Waals surface area contributed by atoms with E-state index in [1.165, 1.54) is 0 Å². The van der Waals surface area contributed by atoms with Crippen LogP contribution in [0.25, 0.3) is 10.2 Å². The first-order valence-corrected chi connectivity index (χ1v) is 7.26. The van der Waals surface area contributed by atoms with Crippen molar-refractivity contribution >= 4 is 50.6 Å². The van der Waals surface area contributed by atoms with Gasteiger partial charge in [0.1, 0.15) is 10.6 Å². The van der Waals surface area contributed by atoms with Gasteiger partial charge in [-0.05, 0) is 31.2 Å². The minimum Gasteiger partial charge on any atom is -0.368 e. The van der Waals surface area contributed by atoms with Gasteiger partial charge >= 0.3 is 0 Å². The van der Waals surface area contributed by atoms with Gasteiger partial charge in [-0.1, -0.05) is 11.6 Å². The number of rotatable bonds is 2. The standard InChI is InChI=1S/C14H10ClN5S/c1-7-4-9-12(19-14(17)20-13(9)21-7)18-11-5-8(6-16)2-3-10(11)15/h2-5H,1H3,(H3,17,18,19,20). The van der Waals surface area contributed by atoms with E-state index < -0.39 is 0 Å². The normalized spacial score (nSPS) is 10.5. The number of nitrogens with one attached hydrogen (secondary N) is 1. The molecule has 0 atom stereocenters. The average molecular weight is 316 g/mol. The fraction of sp³-hybridized carbons (Fsp3) is 0.0714. The van der Waals surface area contributed by atoms with Crippen LogP contribution in [0.15, 0.2) is 24.3 Å². The molecule has 0 aliphatic heterocycles. The number of nitrogen functional groups attached to an aromatic ring is 1. The van der Waals surface area contributed by atoms with E-state index in [0.29, 0.717) is 22.1 Å². The second kappa shape index (κ2) is 5.20. The van der Waals surface area contributed by atoms with E-state index in [9.17, 15) is 0 Å². The zero-order valence-corrected chi connectivity index (χ0v) is 12.6. The molecular formula is C14H10ClN5S. The molecule has 1 aromatic carbocycles. The van der Waals surface area contributed by atoms with Gasteiger partial charge in [-0.15, -0.1) is 11.3 Å². The van der Waals surface area contributed by atoms with Gasteiger partial charge in [0.05, 0.1) is 27.7 Å². The molecule has 0 saturated heterocycles. The Morgan fingerprint density at radius 2 is 2.14 bits per heavy atom. The number of halogens is 1. The largest absolute Gasteiger partial charge is 0.368 e. The summed E-state index contributed by atoms with van der Waals surface area (Å²) in [5.41, 5.74) is 6.87. The van der Waals surface area contributed by atoms with Crippen molar-refractivity contribution in [2.24, 2.45) is 0 Å². The van der Waals surface area contributed by atoms with Crippen molar-refractivity contribution in [3.8, 4) is 6.07 Å². The molecule has 21 heavy (non-hydrogen) atoms. The van der Waals surface area contributed by atoms with Crippen LogP contribution in [0.5, 0.6) is 0 Å². The Kier molecular flexibility index (Phi) is 3.37. The maximum atomic E-state index is 8.97. The van der Waals surface area contributed by atoms with Crippen molar-refractivity contribution in [1.82, 2.24) is 9.97 Å². The van der Waals surface area contributed by atoms with Crippen molar-refractivity contribution in [3.63, 3.8) is 0 Å². The molecule has 0 aliphatic carbocycles. The molecule has 0 amide bonds. The Morgan fingerprint density at radius 1 is 1.33 bits per heavy atom. The molecule has 0 saturated carbocycles. The minimum absolute atomic E-state index is 0.194. The molecule has 3 rings (SSSR count). The molecule has 2 aromatic heterocycles. The quantitative estimate of drug-likeness (QED) is 0.750. The number of anilines is 3. The van der Waals surface area contributed by atoms with Gasteiger partial charge in [-0.25, -0.2) is 4.98 Å². The summed E-state index contributed by atoms with van der Waals surface area (Å²) in [7, 11) is 0. The zero-order chi connectivity index (χ0) is 15.0. The zero-order valence-electron chi connectivity index (χ0n) is 11.0. The summed E-state index contributed by atoms with van der Waals surface area (Å²) >= 11 is 7.70. The minimum atomic E-state index is 0.194. The van der Waals surface area contributed by atoms with E-state index >= 15 is 0 Å². The molecular weight excluding hydrogens is 306 g/mol. The Labute approximate surface area is 130 Å². The number of nitrogens with zero attached hydrogens (tertiary/aromatic N) is 3. The highest BCUT2D eigenvalue weighted by molar-refractivity contribution is 7.18. The van der Waals surface area contributed by atoms with Gasteiger partial charge in [0, 0.05) is 4.88 Å². The molecule has 0 fully saturated rings. The number of nitrogens with two attached hydrogens (primary N) is 1. The first-order valence-electron chi connectivity index (χ1n) is 6.07. The second-order valence-corrected chi connectivity index (χ2v) is 6.08. The first-order chi connectivity index (χ1) is 10.1. The van der Waals surface area contributed by atoms with Crippen molar-refractivity contribution in [2.45, 2.75) is 6.92 Å². The monoisotopic (exact) mass is 315 g/mol. The topological polar surface area (TPSA) is 87.6 Å². The third kappa shape index (κ3) is 2.61. The number of aryl methyl sites for hydroxylation is 1. The van der Waals surface area contributed by atoms with Crippen LogP contribution < -0.4 is 11.1 Å². The van der Waals surface area contributed by atoms with Crippen LogP contribution in [-0.2, 0) is 0 Å². The molecule has 0 spiro atoms. The van der Waals surface area contributed by atoms with Crippen molar-refractivity contribution < 1.29 is 0 Å². The van der Waals surface area contributed by atoms with Crippen LogP contribution in [0.2, 0.25) is 5.02 Å². The van der Waals surface area contributed by atoms with Gasteiger partial charge < -0.3 is 11.1 Å². The van der Waals surface area contributed by atoms with E-state index in [2.05, 4.69) is 21.4 Å². The second-order valence-electron chi connectivity index (χ2n) is 4.44. The lowest BCUT2D eigenvalue weighted by atomic mass is 10.2. The number of fused-ring (bicyclic) bond motifs is 1. The molecule has 0 bridgehead atoms. The Bertz CT molecular complexity index is 881. The summed E-state index contributed by atoms with van der Waals surface area (Å²) < 4.78 is 0. The fourth-order valence-electron chi connectivity index (χ4n) is 1.97. The first kappa shape index (κ1) is 13.6. The highest BCUT2D eigenvalue weighted by atomic mass is 35.5. The van der Waals surface area contributed by atoms with Gasteiger partial charge in [0.2, 0.25) is 5.95 Å².